The van der Waals surface area contributed by atoms with Crippen LogP contribution in [0.15, 0.2) is 0 Å². The summed E-state index contributed by atoms with van der Waals surface area (Å²) in [6.07, 6.45) is 1.32. The van der Waals surface area contributed by atoms with Crippen LogP contribution < -0.4 is 5.32 Å². The molecule has 0 amide bonds. The van der Waals surface area contributed by atoms with E-state index >= 15 is 0 Å². The van der Waals surface area contributed by atoms with E-state index in [9.17, 15) is 0 Å². The monoisotopic (exact) mass is 157 g/mol. The third-order valence-electron chi connectivity index (χ3n) is 2.35. The average molecular weight is 157 g/mol. The van der Waals surface area contributed by atoms with Crippen molar-refractivity contribution in [3.05, 3.63) is 0 Å². The Morgan fingerprint density at radius 3 is 2.64 bits per heavy atom. The Kier molecular flexibility index (Phi) is 2.90. The zero-order valence-electron chi connectivity index (χ0n) is 7.81. The Balaban J connectivity index is 1.90. The van der Waals surface area contributed by atoms with Crippen molar-refractivity contribution in [1.29, 1.82) is 0 Å². The Morgan fingerprint density at radius 1 is 1.55 bits per heavy atom. The fourth-order valence-electron chi connectivity index (χ4n) is 1.27. The Labute approximate surface area is 69.3 Å². The fourth-order valence-corrected chi connectivity index (χ4v) is 1.27. The van der Waals surface area contributed by atoms with Gasteiger partial charge in [0.1, 0.15) is 0 Å². The molecule has 66 valence electrons. The lowest BCUT2D eigenvalue weighted by molar-refractivity contribution is 0.148. The second-order valence-electron chi connectivity index (χ2n) is 3.90. The maximum Gasteiger partial charge on any atom is 0.0590 e. The van der Waals surface area contributed by atoms with Crippen LogP contribution in [-0.2, 0) is 4.74 Å². The van der Waals surface area contributed by atoms with Gasteiger partial charge in [-0.05, 0) is 18.8 Å². The molecule has 0 aromatic carbocycles. The van der Waals surface area contributed by atoms with Crippen molar-refractivity contribution in [2.75, 3.05) is 19.8 Å². The van der Waals surface area contributed by atoms with Gasteiger partial charge in [-0.1, -0.05) is 13.8 Å². The molecule has 0 heterocycles. The van der Waals surface area contributed by atoms with Crippen LogP contribution in [0.3, 0.4) is 0 Å². The second-order valence-corrected chi connectivity index (χ2v) is 3.90. The summed E-state index contributed by atoms with van der Waals surface area (Å²) in [5.74, 6) is 0. The van der Waals surface area contributed by atoms with Crippen LogP contribution in [0.25, 0.3) is 0 Å². The molecular weight excluding hydrogens is 138 g/mol. The van der Waals surface area contributed by atoms with E-state index in [-0.39, 0.29) is 0 Å². The van der Waals surface area contributed by atoms with E-state index in [1.54, 1.807) is 0 Å². The van der Waals surface area contributed by atoms with Crippen molar-refractivity contribution < 1.29 is 4.74 Å². The molecule has 0 saturated heterocycles. The predicted molar refractivity (Wildman–Crippen MR) is 46.7 cm³/mol. The van der Waals surface area contributed by atoms with Gasteiger partial charge >= 0.3 is 0 Å². The number of hydrogen-bond acceptors (Lipinski definition) is 2. The highest BCUT2D eigenvalue weighted by atomic mass is 16.5. The van der Waals surface area contributed by atoms with Crippen LogP contribution >= 0.6 is 0 Å². The molecule has 1 aliphatic rings. The molecule has 0 aromatic rings. The second kappa shape index (κ2) is 3.55. The van der Waals surface area contributed by atoms with Crippen LogP contribution in [0.1, 0.15) is 27.2 Å². The number of nitrogens with one attached hydrogen (secondary N) is 1. The number of hydrogen-bond donors (Lipinski definition) is 1. The van der Waals surface area contributed by atoms with Crippen molar-refractivity contribution in [2.45, 2.75) is 33.2 Å². The Morgan fingerprint density at radius 2 is 2.18 bits per heavy atom. The largest absolute Gasteiger partial charge is 0.380 e. The average Bonchev–Trinajstić information content (AvgIpc) is 2.52. The summed E-state index contributed by atoms with van der Waals surface area (Å²) in [6, 6.07) is 0.739. The highest BCUT2D eigenvalue weighted by Crippen LogP contribution is 2.44. The molecule has 1 aliphatic carbocycles. The van der Waals surface area contributed by atoms with Gasteiger partial charge in [0.15, 0.2) is 0 Å². The van der Waals surface area contributed by atoms with Gasteiger partial charge in [0, 0.05) is 19.2 Å². The molecular formula is C9H19NO. The molecule has 0 radical (unpaired) electrons. The van der Waals surface area contributed by atoms with Crippen LogP contribution in [-0.4, -0.2) is 25.8 Å². The van der Waals surface area contributed by atoms with E-state index in [2.05, 4.69) is 19.2 Å². The predicted octanol–water partition coefficient (Wildman–Crippen LogP) is 1.41. The van der Waals surface area contributed by atoms with Gasteiger partial charge in [0.05, 0.1) is 6.61 Å². The lowest BCUT2D eigenvalue weighted by Gasteiger charge is -2.05. The van der Waals surface area contributed by atoms with Gasteiger partial charge < -0.3 is 10.1 Å². The van der Waals surface area contributed by atoms with E-state index in [1.807, 2.05) is 6.92 Å². The first-order chi connectivity index (χ1) is 5.17. The van der Waals surface area contributed by atoms with Crippen LogP contribution in [0.4, 0.5) is 0 Å². The standard InChI is InChI=1S/C9H19NO/c1-4-11-6-5-10-8-7-9(8,2)3/h8,10H,4-7H2,1-3H3. The summed E-state index contributed by atoms with van der Waals surface area (Å²) in [5.41, 5.74) is 0.548. The molecule has 1 rings (SSSR count). The van der Waals surface area contributed by atoms with Gasteiger partial charge in [-0.3, -0.25) is 0 Å². The van der Waals surface area contributed by atoms with E-state index < -0.39 is 0 Å². The van der Waals surface area contributed by atoms with Crippen molar-refractivity contribution >= 4 is 0 Å². The maximum absolute atomic E-state index is 5.22. The number of ether oxygens (including phenoxy) is 1. The Hall–Kier alpha value is -0.0800. The minimum Gasteiger partial charge on any atom is -0.380 e. The minimum absolute atomic E-state index is 0.548. The van der Waals surface area contributed by atoms with Crippen LogP contribution in [0.5, 0.6) is 0 Å². The van der Waals surface area contributed by atoms with Gasteiger partial charge in [0.25, 0.3) is 0 Å². The van der Waals surface area contributed by atoms with Gasteiger partial charge in [-0.15, -0.1) is 0 Å². The Bertz CT molecular complexity index is 123. The van der Waals surface area contributed by atoms with E-state index in [0.717, 1.165) is 25.8 Å². The molecule has 1 saturated carbocycles. The molecule has 0 aromatic heterocycles. The molecule has 0 bridgehead atoms. The lowest BCUT2D eigenvalue weighted by Crippen LogP contribution is -2.24. The zero-order valence-corrected chi connectivity index (χ0v) is 7.81. The summed E-state index contributed by atoms with van der Waals surface area (Å²) < 4.78 is 5.22. The minimum atomic E-state index is 0.548. The van der Waals surface area contributed by atoms with Crippen LogP contribution in [0, 0.1) is 5.41 Å². The first-order valence-corrected chi connectivity index (χ1v) is 4.48. The first kappa shape index (κ1) is 9.01. The third kappa shape index (κ3) is 2.80. The molecule has 1 fully saturated rings. The summed E-state index contributed by atoms with van der Waals surface area (Å²) in [7, 11) is 0. The smallest absolute Gasteiger partial charge is 0.0590 e. The van der Waals surface area contributed by atoms with Gasteiger partial charge in [0.2, 0.25) is 0 Å². The number of rotatable bonds is 5. The molecule has 1 unspecified atom stereocenters. The molecule has 0 spiro atoms. The van der Waals surface area contributed by atoms with E-state index in [4.69, 9.17) is 4.74 Å². The van der Waals surface area contributed by atoms with Crippen molar-refractivity contribution in [3.63, 3.8) is 0 Å². The topological polar surface area (TPSA) is 21.3 Å². The molecule has 2 heteroatoms. The SMILES string of the molecule is CCOCCNC1CC1(C)C. The third-order valence-corrected chi connectivity index (χ3v) is 2.35. The van der Waals surface area contributed by atoms with E-state index in [0.29, 0.717) is 5.41 Å². The lowest BCUT2D eigenvalue weighted by atomic mass is 10.2. The summed E-state index contributed by atoms with van der Waals surface area (Å²) in [4.78, 5) is 0. The summed E-state index contributed by atoms with van der Waals surface area (Å²) >= 11 is 0. The zero-order chi connectivity index (χ0) is 8.32. The molecule has 1 atom stereocenters. The van der Waals surface area contributed by atoms with Crippen molar-refractivity contribution in [1.82, 2.24) is 5.32 Å². The molecule has 1 N–H and O–H groups in total. The highest BCUT2D eigenvalue weighted by Gasteiger charge is 2.44. The molecule has 2 nitrogen and oxygen atoms in total. The van der Waals surface area contributed by atoms with Crippen LogP contribution in [0.2, 0.25) is 0 Å². The summed E-state index contributed by atoms with van der Waals surface area (Å²) in [6.45, 7) is 9.30. The normalized spacial score (nSPS) is 27.0. The highest BCUT2D eigenvalue weighted by molar-refractivity contribution is 5.01. The van der Waals surface area contributed by atoms with Gasteiger partial charge in [-0.25, -0.2) is 0 Å². The molecule has 0 aliphatic heterocycles. The van der Waals surface area contributed by atoms with Gasteiger partial charge in [-0.2, -0.15) is 0 Å². The maximum atomic E-state index is 5.22. The summed E-state index contributed by atoms with van der Waals surface area (Å²) in [5, 5.41) is 3.46. The van der Waals surface area contributed by atoms with Crippen molar-refractivity contribution in [2.24, 2.45) is 5.41 Å². The van der Waals surface area contributed by atoms with Crippen molar-refractivity contribution in [3.8, 4) is 0 Å². The first-order valence-electron chi connectivity index (χ1n) is 4.48. The quantitative estimate of drug-likeness (QED) is 0.609. The van der Waals surface area contributed by atoms with E-state index in [1.165, 1.54) is 6.42 Å². The fraction of sp³-hybridized carbons (Fsp3) is 1.00. The molecule has 11 heavy (non-hydrogen) atoms.